The predicted octanol–water partition coefficient (Wildman–Crippen LogP) is 6.01. The summed E-state index contributed by atoms with van der Waals surface area (Å²) in [6.07, 6.45) is 14.1. The maximum Gasteiger partial charge on any atom is 0.0208 e. The largest absolute Gasteiger partial charge is 0.313 e. The predicted molar refractivity (Wildman–Crippen MR) is 94.7 cm³/mol. The molecule has 1 rings (SSSR count). The van der Waals surface area contributed by atoms with E-state index in [9.17, 15) is 0 Å². The smallest absolute Gasteiger partial charge is 0.0208 e. The fourth-order valence-corrected chi connectivity index (χ4v) is 2.77. The first-order chi connectivity index (χ1) is 10.3. The fourth-order valence-electron chi connectivity index (χ4n) is 2.77. The van der Waals surface area contributed by atoms with Gasteiger partial charge >= 0.3 is 0 Å². The van der Waals surface area contributed by atoms with Crippen molar-refractivity contribution in [2.75, 3.05) is 6.54 Å². The lowest BCUT2D eigenvalue weighted by atomic mass is 10.1. The zero-order chi connectivity index (χ0) is 15.2. The Morgan fingerprint density at radius 1 is 0.762 bits per heavy atom. The van der Waals surface area contributed by atoms with Crippen LogP contribution < -0.4 is 5.32 Å². The van der Waals surface area contributed by atoms with E-state index in [1.54, 1.807) is 0 Å². The Morgan fingerprint density at radius 2 is 1.33 bits per heavy atom. The summed E-state index contributed by atoms with van der Waals surface area (Å²) >= 11 is 0. The maximum atomic E-state index is 3.57. The van der Waals surface area contributed by atoms with Crippen LogP contribution in [0.4, 0.5) is 0 Å². The van der Waals surface area contributed by atoms with Crippen LogP contribution in [0, 0.1) is 6.92 Å². The third-order valence-corrected chi connectivity index (χ3v) is 4.28. The van der Waals surface area contributed by atoms with Gasteiger partial charge in [-0.2, -0.15) is 0 Å². The van der Waals surface area contributed by atoms with Crippen LogP contribution in [0.1, 0.15) is 82.3 Å². The first-order valence-corrected chi connectivity index (χ1v) is 9.10. The van der Waals surface area contributed by atoms with Gasteiger partial charge in [0.25, 0.3) is 0 Å². The lowest BCUT2D eigenvalue weighted by Crippen LogP contribution is -2.15. The van der Waals surface area contributed by atoms with Gasteiger partial charge in [0, 0.05) is 6.54 Å². The molecule has 0 heterocycles. The van der Waals surface area contributed by atoms with Gasteiger partial charge in [-0.1, -0.05) is 89.0 Å². The lowest BCUT2D eigenvalue weighted by molar-refractivity contribution is 0.543. The minimum absolute atomic E-state index is 1.02. The Kier molecular flexibility index (Phi) is 11.2. The molecule has 1 aromatic rings. The highest BCUT2D eigenvalue weighted by atomic mass is 14.8. The fraction of sp³-hybridized carbons (Fsp3) is 0.700. The van der Waals surface area contributed by atoms with E-state index in [1.165, 1.54) is 75.3 Å². The summed E-state index contributed by atoms with van der Waals surface area (Å²) in [6.45, 7) is 6.65. The molecule has 0 saturated carbocycles. The van der Waals surface area contributed by atoms with Crippen LogP contribution in [0.5, 0.6) is 0 Å². The van der Waals surface area contributed by atoms with E-state index in [4.69, 9.17) is 0 Å². The number of benzene rings is 1. The SMILES string of the molecule is CCCCCCCCCCCCNCc1ccccc1C. The lowest BCUT2D eigenvalue weighted by Gasteiger charge is -2.07. The third-order valence-electron chi connectivity index (χ3n) is 4.28. The maximum absolute atomic E-state index is 3.57. The number of hydrogen-bond donors (Lipinski definition) is 1. The number of aryl methyl sites for hydroxylation is 1. The van der Waals surface area contributed by atoms with Crippen molar-refractivity contribution in [1.82, 2.24) is 5.32 Å². The molecule has 0 fully saturated rings. The Morgan fingerprint density at radius 3 is 1.95 bits per heavy atom. The molecule has 0 unspecified atom stereocenters. The molecule has 0 aliphatic rings. The van der Waals surface area contributed by atoms with Gasteiger partial charge in [-0.25, -0.2) is 0 Å². The van der Waals surface area contributed by atoms with Gasteiger partial charge in [-0.05, 0) is 31.0 Å². The van der Waals surface area contributed by atoms with Crippen molar-refractivity contribution in [2.45, 2.75) is 84.6 Å². The van der Waals surface area contributed by atoms with E-state index in [0.29, 0.717) is 0 Å². The third kappa shape index (κ3) is 9.68. The van der Waals surface area contributed by atoms with E-state index in [2.05, 4.69) is 43.4 Å². The minimum atomic E-state index is 1.02. The molecule has 1 aromatic carbocycles. The van der Waals surface area contributed by atoms with E-state index in [-0.39, 0.29) is 0 Å². The van der Waals surface area contributed by atoms with Gasteiger partial charge in [-0.15, -0.1) is 0 Å². The number of unbranched alkanes of at least 4 members (excludes halogenated alkanes) is 9. The number of rotatable bonds is 13. The van der Waals surface area contributed by atoms with Crippen molar-refractivity contribution in [2.24, 2.45) is 0 Å². The van der Waals surface area contributed by atoms with Crippen molar-refractivity contribution >= 4 is 0 Å². The molecule has 0 spiro atoms. The second-order valence-electron chi connectivity index (χ2n) is 6.29. The molecule has 21 heavy (non-hydrogen) atoms. The summed E-state index contributed by atoms with van der Waals surface area (Å²) in [6, 6.07) is 8.66. The quantitative estimate of drug-likeness (QED) is 0.439. The average molecular weight is 290 g/mol. The molecule has 0 aliphatic carbocycles. The monoisotopic (exact) mass is 289 g/mol. The van der Waals surface area contributed by atoms with Crippen LogP contribution >= 0.6 is 0 Å². The molecule has 1 heteroatoms. The highest BCUT2D eigenvalue weighted by molar-refractivity contribution is 5.25. The van der Waals surface area contributed by atoms with Crippen molar-refractivity contribution in [1.29, 1.82) is 0 Å². The molecular weight excluding hydrogens is 254 g/mol. The van der Waals surface area contributed by atoms with Crippen LogP contribution in [0.25, 0.3) is 0 Å². The molecule has 0 aliphatic heterocycles. The highest BCUT2D eigenvalue weighted by Gasteiger charge is 1.96. The van der Waals surface area contributed by atoms with E-state index >= 15 is 0 Å². The van der Waals surface area contributed by atoms with Gasteiger partial charge in [0.05, 0.1) is 0 Å². The summed E-state index contributed by atoms with van der Waals surface area (Å²) in [7, 11) is 0. The molecule has 1 N–H and O–H groups in total. The Labute approximate surface area is 132 Å². The molecule has 0 atom stereocenters. The zero-order valence-electron chi connectivity index (χ0n) is 14.3. The number of nitrogens with one attached hydrogen (secondary N) is 1. The van der Waals surface area contributed by atoms with Crippen molar-refractivity contribution in [3.63, 3.8) is 0 Å². The average Bonchev–Trinajstić information content (AvgIpc) is 2.50. The van der Waals surface area contributed by atoms with Crippen LogP contribution in [0.3, 0.4) is 0 Å². The van der Waals surface area contributed by atoms with Crippen molar-refractivity contribution in [3.8, 4) is 0 Å². The normalized spacial score (nSPS) is 11.0. The molecule has 0 radical (unpaired) electrons. The molecule has 1 nitrogen and oxygen atoms in total. The van der Waals surface area contributed by atoms with E-state index in [1.807, 2.05) is 0 Å². The minimum Gasteiger partial charge on any atom is -0.313 e. The zero-order valence-corrected chi connectivity index (χ0v) is 14.3. The van der Waals surface area contributed by atoms with Gasteiger partial charge in [0.15, 0.2) is 0 Å². The Hall–Kier alpha value is -0.820. The highest BCUT2D eigenvalue weighted by Crippen LogP contribution is 2.10. The second-order valence-corrected chi connectivity index (χ2v) is 6.29. The van der Waals surface area contributed by atoms with Gasteiger partial charge in [-0.3, -0.25) is 0 Å². The van der Waals surface area contributed by atoms with Crippen LogP contribution in [-0.4, -0.2) is 6.54 Å². The summed E-state index contributed by atoms with van der Waals surface area (Å²) in [5.74, 6) is 0. The van der Waals surface area contributed by atoms with Gasteiger partial charge in [0.1, 0.15) is 0 Å². The molecule has 120 valence electrons. The molecule has 0 amide bonds. The molecule has 0 saturated heterocycles. The Bertz CT molecular complexity index is 345. The molecular formula is C20H35N. The number of hydrogen-bond acceptors (Lipinski definition) is 1. The first-order valence-electron chi connectivity index (χ1n) is 9.10. The topological polar surface area (TPSA) is 12.0 Å². The van der Waals surface area contributed by atoms with E-state index < -0.39 is 0 Å². The summed E-state index contributed by atoms with van der Waals surface area (Å²) in [5, 5.41) is 3.57. The standard InChI is InChI=1S/C20H35N/c1-3-4-5-6-7-8-9-10-11-14-17-21-18-20-16-13-12-15-19(20)2/h12-13,15-16,21H,3-11,14,17-18H2,1-2H3. The first kappa shape index (κ1) is 18.2. The summed E-state index contributed by atoms with van der Waals surface area (Å²) in [5.41, 5.74) is 2.83. The van der Waals surface area contributed by atoms with Crippen LogP contribution in [-0.2, 0) is 6.54 Å². The van der Waals surface area contributed by atoms with Crippen molar-refractivity contribution < 1.29 is 0 Å². The van der Waals surface area contributed by atoms with Gasteiger partial charge in [0.2, 0.25) is 0 Å². The summed E-state index contributed by atoms with van der Waals surface area (Å²) < 4.78 is 0. The van der Waals surface area contributed by atoms with Crippen molar-refractivity contribution in [3.05, 3.63) is 35.4 Å². The second kappa shape index (κ2) is 12.9. The van der Waals surface area contributed by atoms with Gasteiger partial charge < -0.3 is 5.32 Å². The molecule has 0 aromatic heterocycles. The Balaban J connectivity index is 1.84. The summed E-state index contributed by atoms with van der Waals surface area (Å²) in [4.78, 5) is 0. The van der Waals surface area contributed by atoms with E-state index in [0.717, 1.165) is 13.1 Å². The van der Waals surface area contributed by atoms with Crippen LogP contribution in [0.2, 0.25) is 0 Å². The van der Waals surface area contributed by atoms with Crippen LogP contribution in [0.15, 0.2) is 24.3 Å². The molecule has 0 bridgehead atoms.